The summed E-state index contributed by atoms with van der Waals surface area (Å²) in [5.41, 5.74) is 0. The monoisotopic (exact) mass is 441 g/mol. The Bertz CT molecular complexity index is 869. The summed E-state index contributed by atoms with van der Waals surface area (Å²) in [6, 6.07) is 8.07. The molecule has 1 aliphatic rings. The van der Waals surface area contributed by atoms with Gasteiger partial charge in [0.05, 0.1) is 5.00 Å². The number of guanidine groups is 1. The fourth-order valence-electron chi connectivity index (χ4n) is 3.08. The van der Waals surface area contributed by atoms with E-state index in [1.54, 1.807) is 24.5 Å². The Labute approximate surface area is 174 Å². The second-order valence-corrected chi connectivity index (χ2v) is 10.8. The standard InChI is InChI=1S/C18H27N5O2S3/c1-14-5-6-17(27-14)28(24,25)21-10-9-20-18(19-2)22-15-7-11-23(12-8-15)16-4-3-13-26-16/h3-6,13,15,21H,7-12H2,1-2H3,(H2,19,20,22). The van der Waals surface area contributed by atoms with Gasteiger partial charge in [0.25, 0.3) is 0 Å². The maximum atomic E-state index is 12.2. The molecule has 0 amide bonds. The molecule has 2 aromatic heterocycles. The van der Waals surface area contributed by atoms with Crippen LogP contribution in [0.15, 0.2) is 38.8 Å². The van der Waals surface area contributed by atoms with Crippen molar-refractivity contribution in [3.63, 3.8) is 0 Å². The molecule has 7 nitrogen and oxygen atoms in total. The lowest BCUT2D eigenvalue weighted by Gasteiger charge is -2.33. The Hall–Kier alpha value is -1.62. The topological polar surface area (TPSA) is 85.8 Å². The highest BCUT2D eigenvalue weighted by Gasteiger charge is 2.21. The van der Waals surface area contributed by atoms with Crippen LogP contribution in [0.5, 0.6) is 0 Å². The van der Waals surface area contributed by atoms with E-state index in [1.165, 1.54) is 16.3 Å². The third-order valence-corrected chi connectivity index (χ3v) is 8.45. The van der Waals surface area contributed by atoms with Crippen molar-refractivity contribution in [2.24, 2.45) is 4.99 Å². The van der Waals surface area contributed by atoms with Gasteiger partial charge in [-0.25, -0.2) is 13.1 Å². The molecule has 0 aliphatic carbocycles. The summed E-state index contributed by atoms with van der Waals surface area (Å²) < 4.78 is 27.4. The molecular formula is C18H27N5O2S3. The first-order valence-electron chi connectivity index (χ1n) is 9.29. The Kier molecular flexibility index (Phi) is 7.33. The third-order valence-electron chi connectivity index (χ3n) is 4.57. The van der Waals surface area contributed by atoms with Gasteiger partial charge in [-0.3, -0.25) is 4.99 Å². The van der Waals surface area contributed by atoms with Crippen LogP contribution in [-0.2, 0) is 10.0 Å². The summed E-state index contributed by atoms with van der Waals surface area (Å²) in [6.07, 6.45) is 2.09. The van der Waals surface area contributed by atoms with E-state index in [9.17, 15) is 8.42 Å². The predicted molar refractivity (Wildman–Crippen MR) is 118 cm³/mol. The van der Waals surface area contributed by atoms with Crippen molar-refractivity contribution in [1.82, 2.24) is 15.4 Å². The van der Waals surface area contributed by atoms with Crippen LogP contribution in [0.1, 0.15) is 17.7 Å². The van der Waals surface area contributed by atoms with Gasteiger partial charge >= 0.3 is 0 Å². The number of anilines is 1. The molecule has 0 bridgehead atoms. The predicted octanol–water partition coefficient (Wildman–Crippen LogP) is 2.23. The Morgan fingerprint density at radius 2 is 2.04 bits per heavy atom. The summed E-state index contributed by atoms with van der Waals surface area (Å²) in [7, 11) is -1.70. The fraction of sp³-hybridized carbons (Fsp3) is 0.500. The molecule has 1 aliphatic heterocycles. The van der Waals surface area contributed by atoms with Gasteiger partial charge in [0, 0.05) is 44.1 Å². The first-order valence-corrected chi connectivity index (χ1v) is 12.5. The molecule has 0 spiro atoms. The highest BCUT2D eigenvalue weighted by molar-refractivity contribution is 7.91. The summed E-state index contributed by atoms with van der Waals surface area (Å²) in [4.78, 5) is 7.65. The average Bonchev–Trinajstić information content (AvgIpc) is 3.37. The SMILES string of the molecule is CN=C(NCCNS(=O)(=O)c1ccc(C)s1)NC1CCN(c2cccs2)CC1. The molecule has 3 N–H and O–H groups in total. The van der Waals surface area contributed by atoms with E-state index in [2.05, 4.69) is 42.8 Å². The Morgan fingerprint density at radius 3 is 2.64 bits per heavy atom. The minimum Gasteiger partial charge on any atom is -0.363 e. The van der Waals surface area contributed by atoms with Crippen LogP contribution in [0.2, 0.25) is 0 Å². The molecule has 154 valence electrons. The van der Waals surface area contributed by atoms with Crippen molar-refractivity contribution >= 4 is 43.7 Å². The largest absolute Gasteiger partial charge is 0.363 e. The third kappa shape index (κ3) is 5.69. The highest BCUT2D eigenvalue weighted by Crippen LogP contribution is 2.24. The van der Waals surface area contributed by atoms with Crippen molar-refractivity contribution in [2.75, 3.05) is 38.1 Å². The molecule has 0 atom stereocenters. The maximum absolute atomic E-state index is 12.2. The van der Waals surface area contributed by atoms with Gasteiger partial charge in [0.2, 0.25) is 10.0 Å². The van der Waals surface area contributed by atoms with Gasteiger partial charge in [-0.1, -0.05) is 0 Å². The molecule has 10 heteroatoms. The van der Waals surface area contributed by atoms with Crippen LogP contribution < -0.4 is 20.3 Å². The Balaban J connectivity index is 1.38. The summed E-state index contributed by atoms with van der Waals surface area (Å²) >= 11 is 3.05. The van der Waals surface area contributed by atoms with Gasteiger partial charge in [-0.2, -0.15) is 0 Å². The van der Waals surface area contributed by atoms with E-state index in [4.69, 9.17) is 0 Å². The van der Waals surface area contributed by atoms with Crippen molar-refractivity contribution in [3.8, 4) is 0 Å². The van der Waals surface area contributed by atoms with Crippen molar-refractivity contribution in [2.45, 2.75) is 30.0 Å². The lowest BCUT2D eigenvalue weighted by molar-refractivity contribution is 0.463. The molecule has 1 fully saturated rings. The molecule has 0 aromatic carbocycles. The van der Waals surface area contributed by atoms with Crippen LogP contribution in [0, 0.1) is 6.92 Å². The van der Waals surface area contributed by atoms with Gasteiger partial charge in [-0.05, 0) is 49.4 Å². The van der Waals surface area contributed by atoms with Gasteiger partial charge in [-0.15, -0.1) is 22.7 Å². The quantitative estimate of drug-likeness (QED) is 0.349. The molecule has 0 saturated carbocycles. The number of nitrogens with zero attached hydrogens (tertiary/aromatic N) is 2. The molecule has 3 heterocycles. The van der Waals surface area contributed by atoms with Crippen molar-refractivity contribution in [3.05, 3.63) is 34.5 Å². The van der Waals surface area contributed by atoms with Gasteiger partial charge in [0.1, 0.15) is 4.21 Å². The number of piperidine rings is 1. The molecular weight excluding hydrogens is 414 g/mol. The van der Waals surface area contributed by atoms with Crippen LogP contribution in [0.4, 0.5) is 5.00 Å². The zero-order valence-electron chi connectivity index (χ0n) is 16.1. The smallest absolute Gasteiger partial charge is 0.250 e. The van der Waals surface area contributed by atoms with Gasteiger partial charge < -0.3 is 15.5 Å². The highest BCUT2D eigenvalue weighted by atomic mass is 32.2. The molecule has 1 saturated heterocycles. The second kappa shape index (κ2) is 9.73. The fourth-order valence-corrected chi connectivity index (χ4v) is 6.22. The van der Waals surface area contributed by atoms with Crippen molar-refractivity contribution < 1.29 is 8.42 Å². The number of rotatable bonds is 7. The molecule has 28 heavy (non-hydrogen) atoms. The van der Waals surface area contributed by atoms with E-state index in [1.807, 2.05) is 13.0 Å². The Morgan fingerprint density at radius 1 is 1.25 bits per heavy atom. The second-order valence-electron chi connectivity index (χ2n) is 6.62. The first-order chi connectivity index (χ1) is 13.5. The lowest BCUT2D eigenvalue weighted by Crippen LogP contribution is -2.49. The minimum atomic E-state index is -3.44. The van der Waals surface area contributed by atoms with Crippen molar-refractivity contribution in [1.29, 1.82) is 0 Å². The normalized spacial score (nSPS) is 16.4. The van der Waals surface area contributed by atoms with E-state index in [-0.39, 0.29) is 0 Å². The summed E-state index contributed by atoms with van der Waals surface area (Å²) in [6.45, 7) is 4.71. The minimum absolute atomic E-state index is 0.302. The van der Waals surface area contributed by atoms with E-state index < -0.39 is 10.0 Å². The average molecular weight is 442 g/mol. The number of nitrogens with one attached hydrogen (secondary N) is 3. The first kappa shape index (κ1) is 21.1. The number of thiophene rings is 2. The summed E-state index contributed by atoms with van der Waals surface area (Å²) in [5.74, 6) is 0.709. The van der Waals surface area contributed by atoms with Gasteiger partial charge in [0.15, 0.2) is 5.96 Å². The number of hydrogen-bond acceptors (Lipinski definition) is 6. The van der Waals surface area contributed by atoms with E-state index >= 15 is 0 Å². The van der Waals surface area contributed by atoms with E-state index in [0.29, 0.717) is 29.3 Å². The maximum Gasteiger partial charge on any atom is 0.250 e. The zero-order valence-corrected chi connectivity index (χ0v) is 18.6. The molecule has 3 rings (SSSR count). The number of aliphatic imine (C=N–C) groups is 1. The number of aryl methyl sites for hydroxylation is 1. The van der Waals surface area contributed by atoms with Crippen LogP contribution in [0.25, 0.3) is 0 Å². The van der Waals surface area contributed by atoms with Crippen LogP contribution >= 0.6 is 22.7 Å². The number of hydrogen-bond donors (Lipinski definition) is 3. The van der Waals surface area contributed by atoms with Crippen LogP contribution in [-0.4, -0.2) is 53.6 Å². The zero-order chi connectivity index (χ0) is 20.0. The number of sulfonamides is 1. The van der Waals surface area contributed by atoms with E-state index in [0.717, 1.165) is 30.8 Å². The molecule has 0 unspecified atom stereocenters. The van der Waals surface area contributed by atoms with Crippen LogP contribution in [0.3, 0.4) is 0 Å². The summed E-state index contributed by atoms with van der Waals surface area (Å²) in [5, 5.41) is 10.1. The lowest BCUT2D eigenvalue weighted by atomic mass is 10.1. The molecule has 2 aromatic rings. The molecule has 0 radical (unpaired) electrons.